The molecule has 2 N–H and O–H groups in total. The quantitative estimate of drug-likeness (QED) is 0.829. The van der Waals surface area contributed by atoms with Crippen molar-refractivity contribution in [1.82, 2.24) is 10.6 Å². The van der Waals surface area contributed by atoms with E-state index >= 15 is 0 Å². The number of para-hydroxylation sites is 1. The summed E-state index contributed by atoms with van der Waals surface area (Å²) in [4.78, 5) is 14.3. The van der Waals surface area contributed by atoms with Crippen LogP contribution in [0.15, 0.2) is 54.6 Å². The normalized spacial score (nSPS) is 10.0. The van der Waals surface area contributed by atoms with Crippen LogP contribution in [0.2, 0.25) is 0 Å². The molecule has 0 unspecified atom stereocenters. The van der Waals surface area contributed by atoms with Crippen LogP contribution >= 0.6 is 12.2 Å². The molecule has 0 aromatic heterocycles. The van der Waals surface area contributed by atoms with Crippen LogP contribution in [0.3, 0.4) is 0 Å². The van der Waals surface area contributed by atoms with Crippen LogP contribution in [0.5, 0.6) is 0 Å². The average Bonchev–Trinajstić information content (AvgIpc) is 2.60. The molecule has 5 heteroatoms. The number of thiocarbonyl (C=S) groups is 1. The maximum atomic E-state index is 12.5. The number of benzene rings is 2. The lowest BCUT2D eigenvalue weighted by molar-refractivity contribution is 0.0951. The third-order valence-electron chi connectivity index (χ3n) is 3.44. The minimum atomic E-state index is -0.115. The Morgan fingerprint density at radius 2 is 1.70 bits per heavy atom. The molecule has 0 bridgehead atoms. The molecule has 0 aliphatic heterocycles. The summed E-state index contributed by atoms with van der Waals surface area (Å²) in [5.41, 5.74) is 2.45. The standard InChI is InChI=1S/C18H21N3OS/c1-3-19-18(23)21(2)16-12-8-7-11-15(16)17(22)20-13-14-9-5-4-6-10-14/h4-12H,3,13H2,1-2H3,(H,19,23)(H,20,22). The van der Waals surface area contributed by atoms with Crippen molar-refractivity contribution in [3.8, 4) is 0 Å². The van der Waals surface area contributed by atoms with Gasteiger partial charge in [0.05, 0.1) is 11.3 Å². The van der Waals surface area contributed by atoms with Crippen molar-refractivity contribution in [3.63, 3.8) is 0 Å². The molecule has 0 saturated heterocycles. The minimum absolute atomic E-state index is 0.115. The fraction of sp³-hybridized carbons (Fsp3) is 0.222. The van der Waals surface area contributed by atoms with Gasteiger partial charge in [-0.25, -0.2) is 0 Å². The molecular formula is C18H21N3OS. The number of hydrogen-bond acceptors (Lipinski definition) is 2. The van der Waals surface area contributed by atoms with E-state index in [2.05, 4.69) is 10.6 Å². The van der Waals surface area contributed by atoms with Gasteiger partial charge in [0.15, 0.2) is 5.11 Å². The molecular weight excluding hydrogens is 306 g/mol. The molecule has 0 aliphatic rings. The van der Waals surface area contributed by atoms with E-state index in [0.29, 0.717) is 17.2 Å². The molecule has 2 rings (SSSR count). The first kappa shape index (κ1) is 17.0. The van der Waals surface area contributed by atoms with Gasteiger partial charge in [-0.2, -0.15) is 0 Å². The molecule has 23 heavy (non-hydrogen) atoms. The van der Waals surface area contributed by atoms with Crippen LogP contribution in [-0.2, 0) is 6.54 Å². The molecule has 0 aliphatic carbocycles. The zero-order chi connectivity index (χ0) is 16.7. The first-order chi connectivity index (χ1) is 11.1. The van der Waals surface area contributed by atoms with E-state index in [-0.39, 0.29) is 5.91 Å². The van der Waals surface area contributed by atoms with E-state index in [0.717, 1.165) is 17.8 Å². The number of carbonyl (C=O) groups is 1. The highest BCUT2D eigenvalue weighted by Gasteiger charge is 2.15. The molecule has 1 amide bonds. The van der Waals surface area contributed by atoms with Crippen molar-refractivity contribution in [2.75, 3.05) is 18.5 Å². The monoisotopic (exact) mass is 327 g/mol. The molecule has 0 heterocycles. The maximum Gasteiger partial charge on any atom is 0.253 e. The van der Waals surface area contributed by atoms with Gasteiger partial charge in [-0.1, -0.05) is 42.5 Å². The number of hydrogen-bond donors (Lipinski definition) is 2. The number of carbonyl (C=O) groups excluding carboxylic acids is 1. The summed E-state index contributed by atoms with van der Waals surface area (Å²) in [6, 6.07) is 17.3. The predicted octanol–water partition coefficient (Wildman–Crippen LogP) is 2.95. The van der Waals surface area contributed by atoms with Crippen LogP contribution in [0.4, 0.5) is 5.69 Å². The van der Waals surface area contributed by atoms with E-state index in [1.807, 2.05) is 67.4 Å². The van der Waals surface area contributed by atoms with Crippen molar-refractivity contribution < 1.29 is 4.79 Å². The summed E-state index contributed by atoms with van der Waals surface area (Å²) in [6.07, 6.45) is 0. The number of anilines is 1. The average molecular weight is 327 g/mol. The summed E-state index contributed by atoms with van der Waals surface area (Å²) in [7, 11) is 1.86. The Bertz CT molecular complexity index is 673. The summed E-state index contributed by atoms with van der Waals surface area (Å²) in [6.45, 7) is 3.22. The number of nitrogens with one attached hydrogen (secondary N) is 2. The Morgan fingerprint density at radius 1 is 1.04 bits per heavy atom. The van der Waals surface area contributed by atoms with Gasteiger partial charge < -0.3 is 15.5 Å². The zero-order valence-corrected chi connectivity index (χ0v) is 14.2. The van der Waals surface area contributed by atoms with Gasteiger partial charge in [-0.15, -0.1) is 0 Å². The maximum absolute atomic E-state index is 12.5. The first-order valence-corrected chi connectivity index (χ1v) is 7.97. The molecule has 4 nitrogen and oxygen atoms in total. The van der Waals surface area contributed by atoms with Crippen molar-refractivity contribution in [3.05, 3.63) is 65.7 Å². The number of amides is 1. The topological polar surface area (TPSA) is 44.4 Å². The molecule has 0 saturated carbocycles. The Hall–Kier alpha value is -2.40. The van der Waals surface area contributed by atoms with Crippen molar-refractivity contribution >= 4 is 28.9 Å². The van der Waals surface area contributed by atoms with Crippen LogP contribution < -0.4 is 15.5 Å². The Labute approximate surface area is 142 Å². The number of rotatable bonds is 5. The van der Waals surface area contributed by atoms with Gasteiger partial charge in [0.1, 0.15) is 0 Å². The van der Waals surface area contributed by atoms with Gasteiger partial charge in [-0.3, -0.25) is 4.79 Å². The van der Waals surface area contributed by atoms with Gasteiger partial charge in [0, 0.05) is 20.1 Å². The molecule has 0 spiro atoms. The fourth-order valence-corrected chi connectivity index (χ4v) is 2.45. The molecule has 120 valence electrons. The molecule has 2 aromatic carbocycles. The number of nitrogens with zero attached hydrogens (tertiary/aromatic N) is 1. The van der Waals surface area contributed by atoms with Gasteiger partial charge in [0.2, 0.25) is 0 Å². The molecule has 0 fully saturated rings. The third-order valence-corrected chi connectivity index (χ3v) is 3.86. The molecule has 2 aromatic rings. The van der Waals surface area contributed by atoms with Crippen LogP contribution in [0.25, 0.3) is 0 Å². The SMILES string of the molecule is CCNC(=S)N(C)c1ccccc1C(=O)NCc1ccccc1. The highest BCUT2D eigenvalue weighted by molar-refractivity contribution is 7.80. The molecule has 0 radical (unpaired) electrons. The van der Waals surface area contributed by atoms with E-state index in [1.54, 1.807) is 6.07 Å². The Morgan fingerprint density at radius 3 is 2.39 bits per heavy atom. The van der Waals surface area contributed by atoms with E-state index in [9.17, 15) is 4.79 Å². The lowest BCUT2D eigenvalue weighted by atomic mass is 10.1. The van der Waals surface area contributed by atoms with Crippen LogP contribution in [-0.4, -0.2) is 24.6 Å². The summed E-state index contributed by atoms with van der Waals surface area (Å²) >= 11 is 5.33. The highest BCUT2D eigenvalue weighted by atomic mass is 32.1. The van der Waals surface area contributed by atoms with Crippen LogP contribution in [0, 0.1) is 0 Å². The fourth-order valence-electron chi connectivity index (χ4n) is 2.21. The van der Waals surface area contributed by atoms with Gasteiger partial charge in [0.25, 0.3) is 5.91 Å². The van der Waals surface area contributed by atoms with Crippen molar-refractivity contribution in [1.29, 1.82) is 0 Å². The Kier molecular flexibility index (Phi) is 6.11. The zero-order valence-electron chi connectivity index (χ0n) is 13.4. The van der Waals surface area contributed by atoms with E-state index in [4.69, 9.17) is 12.2 Å². The predicted molar refractivity (Wildman–Crippen MR) is 98.7 cm³/mol. The van der Waals surface area contributed by atoms with Crippen molar-refractivity contribution in [2.24, 2.45) is 0 Å². The first-order valence-electron chi connectivity index (χ1n) is 7.56. The second-order valence-electron chi connectivity index (χ2n) is 5.08. The van der Waals surface area contributed by atoms with E-state index in [1.165, 1.54) is 0 Å². The Balaban J connectivity index is 2.12. The summed E-state index contributed by atoms with van der Waals surface area (Å²) in [5, 5.41) is 6.64. The van der Waals surface area contributed by atoms with Gasteiger partial charge >= 0.3 is 0 Å². The lowest BCUT2D eigenvalue weighted by Crippen LogP contribution is -2.38. The lowest BCUT2D eigenvalue weighted by Gasteiger charge is -2.23. The smallest absolute Gasteiger partial charge is 0.253 e. The highest BCUT2D eigenvalue weighted by Crippen LogP contribution is 2.19. The van der Waals surface area contributed by atoms with Gasteiger partial charge in [-0.05, 0) is 36.8 Å². The summed E-state index contributed by atoms with van der Waals surface area (Å²) in [5.74, 6) is -0.115. The van der Waals surface area contributed by atoms with Crippen molar-refractivity contribution in [2.45, 2.75) is 13.5 Å². The largest absolute Gasteiger partial charge is 0.363 e. The molecule has 0 atom stereocenters. The second kappa shape index (κ2) is 8.29. The van der Waals surface area contributed by atoms with Crippen LogP contribution in [0.1, 0.15) is 22.8 Å². The summed E-state index contributed by atoms with van der Waals surface area (Å²) < 4.78 is 0. The second-order valence-corrected chi connectivity index (χ2v) is 5.47. The minimum Gasteiger partial charge on any atom is -0.363 e. The van der Waals surface area contributed by atoms with E-state index < -0.39 is 0 Å². The third kappa shape index (κ3) is 4.53.